The van der Waals surface area contributed by atoms with Crippen molar-refractivity contribution in [1.82, 2.24) is 0 Å². The molecule has 1 aliphatic heterocycles. The Morgan fingerprint density at radius 1 is 0.960 bits per heavy atom. The molecule has 1 heterocycles. The minimum absolute atomic E-state index is 0.0883. The zero-order valence-corrected chi connectivity index (χ0v) is 14.3. The molecule has 2 unspecified atom stereocenters. The number of carbonyl (C=O) groups excluding carboxylic acids is 1. The second-order valence-electron chi connectivity index (χ2n) is 6.79. The summed E-state index contributed by atoms with van der Waals surface area (Å²) >= 11 is 0. The monoisotopic (exact) mass is 347 g/mol. The van der Waals surface area contributed by atoms with Gasteiger partial charge in [-0.3, -0.25) is 4.79 Å². The summed E-state index contributed by atoms with van der Waals surface area (Å²) < 4.78 is 40.8. The molecule has 1 amide bonds. The first-order valence-corrected chi connectivity index (χ1v) is 8.26. The highest BCUT2D eigenvalue weighted by molar-refractivity contribution is 5.99. The molecule has 2 aromatic carbocycles. The Balaban J connectivity index is 2.29. The normalized spacial score (nSPS) is 20.8. The third-order valence-corrected chi connectivity index (χ3v) is 4.93. The molecule has 2 nitrogen and oxygen atoms in total. The van der Waals surface area contributed by atoms with E-state index in [-0.39, 0.29) is 17.4 Å². The minimum atomic E-state index is -4.46. The van der Waals surface area contributed by atoms with Crippen LogP contribution in [0.4, 0.5) is 18.9 Å². The number of halogens is 3. The lowest BCUT2D eigenvalue weighted by atomic mass is 9.70. The number of amides is 1. The number of para-hydroxylation sites is 1. The third-order valence-electron chi connectivity index (χ3n) is 4.93. The molecule has 0 aromatic heterocycles. The van der Waals surface area contributed by atoms with Gasteiger partial charge < -0.3 is 4.90 Å². The van der Waals surface area contributed by atoms with Crippen molar-refractivity contribution in [3.8, 4) is 0 Å². The van der Waals surface area contributed by atoms with Crippen LogP contribution in [0.5, 0.6) is 0 Å². The van der Waals surface area contributed by atoms with Gasteiger partial charge in [0.05, 0.1) is 11.5 Å². The Bertz CT molecular complexity index is 798. The highest BCUT2D eigenvalue weighted by atomic mass is 19.4. The van der Waals surface area contributed by atoms with Crippen LogP contribution in [-0.2, 0) is 11.0 Å². The molecule has 0 fully saturated rings. The number of benzene rings is 2. The second-order valence-corrected chi connectivity index (χ2v) is 6.79. The highest BCUT2D eigenvalue weighted by Crippen LogP contribution is 2.48. The minimum Gasteiger partial charge on any atom is -0.315 e. The van der Waals surface area contributed by atoms with E-state index in [2.05, 4.69) is 0 Å². The predicted octanol–water partition coefficient (Wildman–Crippen LogP) is 5.09. The number of anilines is 1. The molecule has 2 aromatic rings. The third kappa shape index (κ3) is 2.92. The molecule has 1 aliphatic rings. The summed E-state index contributed by atoms with van der Waals surface area (Å²) in [6, 6.07) is 12.8. The number of hydrogen-bond acceptors (Lipinski definition) is 1. The average Bonchev–Trinajstić information content (AvgIpc) is 2.57. The van der Waals surface area contributed by atoms with Crippen molar-refractivity contribution >= 4 is 11.6 Å². The van der Waals surface area contributed by atoms with Crippen molar-refractivity contribution in [2.45, 2.75) is 25.9 Å². The lowest BCUT2D eigenvalue weighted by Gasteiger charge is -2.40. The smallest absolute Gasteiger partial charge is 0.315 e. The average molecular weight is 347 g/mol. The Kier molecular flexibility index (Phi) is 4.35. The van der Waals surface area contributed by atoms with Crippen LogP contribution in [0.25, 0.3) is 0 Å². The molecular weight excluding hydrogens is 327 g/mol. The molecule has 25 heavy (non-hydrogen) atoms. The number of carbonyl (C=O) groups is 1. The van der Waals surface area contributed by atoms with Crippen LogP contribution in [0, 0.1) is 11.8 Å². The van der Waals surface area contributed by atoms with Crippen LogP contribution >= 0.6 is 0 Å². The predicted molar refractivity (Wildman–Crippen MR) is 91.5 cm³/mol. The molecule has 0 bridgehead atoms. The van der Waals surface area contributed by atoms with Gasteiger partial charge in [0.1, 0.15) is 0 Å². The van der Waals surface area contributed by atoms with Crippen LogP contribution in [0.2, 0.25) is 0 Å². The van der Waals surface area contributed by atoms with Crippen LogP contribution in [0.15, 0.2) is 48.5 Å². The summed E-state index contributed by atoms with van der Waals surface area (Å²) in [6.45, 7) is 3.76. The maximum Gasteiger partial charge on any atom is 0.416 e. The number of rotatable bonds is 2. The zero-order valence-electron chi connectivity index (χ0n) is 14.3. The fourth-order valence-corrected chi connectivity index (χ4v) is 3.79. The van der Waals surface area contributed by atoms with Gasteiger partial charge >= 0.3 is 6.18 Å². The molecule has 5 heteroatoms. The molecule has 0 saturated carbocycles. The van der Waals surface area contributed by atoms with Crippen molar-refractivity contribution in [1.29, 1.82) is 0 Å². The Morgan fingerprint density at radius 2 is 1.52 bits per heavy atom. The lowest BCUT2D eigenvalue weighted by molar-refractivity contribution is -0.139. The molecule has 132 valence electrons. The zero-order chi connectivity index (χ0) is 18.4. The van der Waals surface area contributed by atoms with E-state index in [9.17, 15) is 18.0 Å². The van der Waals surface area contributed by atoms with Crippen LogP contribution < -0.4 is 4.90 Å². The number of alkyl halides is 3. The van der Waals surface area contributed by atoms with Gasteiger partial charge in [-0.05, 0) is 29.2 Å². The van der Waals surface area contributed by atoms with Crippen molar-refractivity contribution in [2.24, 2.45) is 11.8 Å². The van der Waals surface area contributed by atoms with Crippen molar-refractivity contribution in [3.05, 3.63) is 65.2 Å². The van der Waals surface area contributed by atoms with E-state index in [1.807, 2.05) is 26.0 Å². The Hall–Kier alpha value is -2.30. The first kappa shape index (κ1) is 17.5. The van der Waals surface area contributed by atoms with Gasteiger partial charge in [-0.1, -0.05) is 50.2 Å². The van der Waals surface area contributed by atoms with Crippen molar-refractivity contribution in [2.75, 3.05) is 11.9 Å². The van der Waals surface area contributed by atoms with E-state index in [1.54, 1.807) is 30.1 Å². The maximum atomic E-state index is 13.6. The Labute approximate surface area is 145 Å². The van der Waals surface area contributed by atoms with Crippen molar-refractivity contribution in [3.63, 3.8) is 0 Å². The van der Waals surface area contributed by atoms with E-state index >= 15 is 0 Å². The van der Waals surface area contributed by atoms with Gasteiger partial charge in [-0.25, -0.2) is 0 Å². The van der Waals surface area contributed by atoms with Crippen LogP contribution in [0.3, 0.4) is 0 Å². The maximum absolute atomic E-state index is 13.6. The van der Waals surface area contributed by atoms with Crippen molar-refractivity contribution < 1.29 is 18.0 Å². The molecule has 0 radical (unpaired) electrons. The lowest BCUT2D eigenvalue weighted by Crippen LogP contribution is -2.44. The van der Waals surface area contributed by atoms with E-state index in [0.29, 0.717) is 5.69 Å². The summed E-state index contributed by atoms with van der Waals surface area (Å²) in [5, 5.41) is 0. The van der Waals surface area contributed by atoms with E-state index in [0.717, 1.165) is 11.6 Å². The van der Waals surface area contributed by atoms with Gasteiger partial charge in [0.15, 0.2) is 0 Å². The summed E-state index contributed by atoms with van der Waals surface area (Å²) in [4.78, 5) is 14.5. The highest BCUT2D eigenvalue weighted by Gasteiger charge is 2.44. The molecule has 0 aliphatic carbocycles. The molecule has 3 rings (SSSR count). The molecule has 0 spiro atoms. The number of fused-ring (bicyclic) bond motifs is 1. The molecule has 0 N–H and O–H groups in total. The van der Waals surface area contributed by atoms with Gasteiger partial charge in [-0.2, -0.15) is 13.2 Å². The van der Waals surface area contributed by atoms with Gasteiger partial charge in [-0.15, -0.1) is 0 Å². The van der Waals surface area contributed by atoms with Crippen LogP contribution in [-0.4, -0.2) is 13.0 Å². The van der Waals surface area contributed by atoms with E-state index in [1.165, 1.54) is 12.1 Å². The summed E-state index contributed by atoms with van der Waals surface area (Å²) in [5.74, 6) is -1.38. The van der Waals surface area contributed by atoms with Crippen LogP contribution in [0.1, 0.15) is 36.5 Å². The standard InChI is InChI=1S/C20H20F3NO/c1-12(2)17-18(13-8-4-6-10-15(13)20(21,22)23)14-9-5-7-11-16(14)24(3)19(17)25/h4-12,17-18H,1-3H3. The fourth-order valence-electron chi connectivity index (χ4n) is 3.79. The first-order valence-electron chi connectivity index (χ1n) is 8.26. The molecular formula is C20H20F3NO. The number of nitrogens with zero attached hydrogens (tertiary/aromatic N) is 1. The summed E-state index contributed by atoms with van der Waals surface area (Å²) in [7, 11) is 1.68. The molecule has 2 atom stereocenters. The SMILES string of the molecule is CC(C)C1C(=O)N(C)c2ccccc2C1c1ccccc1C(F)(F)F. The van der Waals surface area contributed by atoms with E-state index < -0.39 is 23.6 Å². The summed E-state index contributed by atoms with van der Waals surface area (Å²) in [6.07, 6.45) is -4.46. The largest absolute Gasteiger partial charge is 0.416 e. The molecule has 0 saturated heterocycles. The quantitative estimate of drug-likeness (QED) is 0.741. The topological polar surface area (TPSA) is 20.3 Å². The van der Waals surface area contributed by atoms with E-state index in [4.69, 9.17) is 0 Å². The number of hydrogen-bond donors (Lipinski definition) is 0. The summed E-state index contributed by atoms with van der Waals surface area (Å²) in [5.41, 5.74) is 0.937. The second kappa shape index (κ2) is 6.21. The Morgan fingerprint density at radius 3 is 2.12 bits per heavy atom. The van der Waals surface area contributed by atoms with Gasteiger partial charge in [0, 0.05) is 18.7 Å². The first-order chi connectivity index (χ1) is 11.7. The van der Waals surface area contributed by atoms with Gasteiger partial charge in [0.2, 0.25) is 5.91 Å². The fraction of sp³-hybridized carbons (Fsp3) is 0.350. The van der Waals surface area contributed by atoms with Gasteiger partial charge in [0.25, 0.3) is 0 Å².